The maximum absolute atomic E-state index is 11.6. The summed E-state index contributed by atoms with van der Waals surface area (Å²) in [6.45, 7) is 1.45. The normalized spacial score (nSPS) is 18.9. The molecule has 1 aliphatic rings. The summed E-state index contributed by atoms with van der Waals surface area (Å²) in [5, 5.41) is 4.78. The van der Waals surface area contributed by atoms with Gasteiger partial charge in [0, 0.05) is 23.9 Å². The Morgan fingerprint density at radius 1 is 1.32 bits per heavy atom. The molecule has 1 atom stereocenters. The van der Waals surface area contributed by atoms with E-state index in [1.54, 1.807) is 12.1 Å². The van der Waals surface area contributed by atoms with Gasteiger partial charge in [0.15, 0.2) is 0 Å². The predicted molar refractivity (Wildman–Crippen MR) is 72.8 cm³/mol. The van der Waals surface area contributed by atoms with Crippen LogP contribution < -0.4 is 10.6 Å². The number of carbonyl (C=O) groups is 3. The first kappa shape index (κ1) is 13.6. The lowest BCUT2D eigenvalue weighted by molar-refractivity contribution is -0.132. The Balaban J connectivity index is 1.97. The highest BCUT2D eigenvalue weighted by molar-refractivity contribution is 8.00. The van der Waals surface area contributed by atoms with E-state index >= 15 is 0 Å². The zero-order chi connectivity index (χ0) is 13.8. The summed E-state index contributed by atoms with van der Waals surface area (Å²) in [6, 6.07) is 7.27. The molecule has 1 aromatic rings. The third kappa shape index (κ3) is 3.82. The number of hydrogen-bond acceptors (Lipinski definition) is 4. The van der Waals surface area contributed by atoms with Gasteiger partial charge in [0.1, 0.15) is 0 Å². The molecular formula is C13H14N2O3S. The van der Waals surface area contributed by atoms with Gasteiger partial charge in [0.25, 0.3) is 0 Å². The van der Waals surface area contributed by atoms with Crippen LogP contribution in [0.2, 0.25) is 0 Å². The first-order valence-corrected chi connectivity index (χ1v) is 6.80. The molecule has 0 bridgehead atoms. The van der Waals surface area contributed by atoms with E-state index < -0.39 is 0 Å². The summed E-state index contributed by atoms with van der Waals surface area (Å²) in [5.74, 6) is -0.555. The Kier molecular flexibility index (Phi) is 4.21. The molecule has 1 fully saturated rings. The second kappa shape index (κ2) is 5.88. The van der Waals surface area contributed by atoms with Gasteiger partial charge in [-0.3, -0.25) is 19.7 Å². The van der Waals surface area contributed by atoms with Crippen molar-refractivity contribution in [3.05, 3.63) is 24.3 Å². The van der Waals surface area contributed by atoms with Crippen molar-refractivity contribution in [3.8, 4) is 0 Å². The Hall–Kier alpha value is -1.82. The number of hydrogen-bond donors (Lipinski definition) is 2. The number of rotatable bonds is 3. The van der Waals surface area contributed by atoms with Crippen molar-refractivity contribution < 1.29 is 14.4 Å². The van der Waals surface area contributed by atoms with E-state index in [0.29, 0.717) is 12.8 Å². The summed E-state index contributed by atoms with van der Waals surface area (Å²) >= 11 is 1.43. The van der Waals surface area contributed by atoms with Crippen LogP contribution in [0.1, 0.15) is 19.8 Å². The molecule has 1 aliphatic heterocycles. The third-order valence-corrected chi connectivity index (χ3v) is 3.92. The third-order valence-electron chi connectivity index (χ3n) is 2.64. The van der Waals surface area contributed by atoms with Crippen LogP contribution >= 0.6 is 11.8 Å². The zero-order valence-electron chi connectivity index (χ0n) is 10.4. The van der Waals surface area contributed by atoms with Gasteiger partial charge >= 0.3 is 0 Å². The van der Waals surface area contributed by atoms with Crippen LogP contribution in [0.5, 0.6) is 0 Å². The minimum atomic E-state index is -0.232. The molecule has 0 saturated carbocycles. The second-order valence-electron chi connectivity index (χ2n) is 4.26. The van der Waals surface area contributed by atoms with Crippen LogP contribution in [0, 0.1) is 0 Å². The number of thioether (sulfide) groups is 1. The largest absolute Gasteiger partial charge is 0.326 e. The van der Waals surface area contributed by atoms with E-state index in [4.69, 9.17) is 0 Å². The fourth-order valence-electron chi connectivity index (χ4n) is 1.77. The minimum Gasteiger partial charge on any atom is -0.326 e. The molecule has 0 aliphatic carbocycles. The van der Waals surface area contributed by atoms with Gasteiger partial charge in [0.05, 0.1) is 5.25 Å². The van der Waals surface area contributed by atoms with E-state index in [-0.39, 0.29) is 23.0 Å². The Labute approximate surface area is 115 Å². The smallest absolute Gasteiger partial charge is 0.240 e. The highest BCUT2D eigenvalue weighted by Crippen LogP contribution is 2.29. The predicted octanol–water partition coefficient (Wildman–Crippen LogP) is 1.54. The zero-order valence-corrected chi connectivity index (χ0v) is 11.3. The van der Waals surface area contributed by atoms with Crippen molar-refractivity contribution in [2.24, 2.45) is 0 Å². The van der Waals surface area contributed by atoms with E-state index in [1.165, 1.54) is 18.7 Å². The number of amides is 3. The summed E-state index contributed by atoms with van der Waals surface area (Å²) in [7, 11) is 0. The molecule has 100 valence electrons. The van der Waals surface area contributed by atoms with Gasteiger partial charge in [-0.15, -0.1) is 11.8 Å². The van der Waals surface area contributed by atoms with Crippen molar-refractivity contribution in [2.75, 3.05) is 5.32 Å². The van der Waals surface area contributed by atoms with Gasteiger partial charge in [-0.2, -0.15) is 0 Å². The highest BCUT2D eigenvalue weighted by atomic mass is 32.2. The van der Waals surface area contributed by atoms with Gasteiger partial charge < -0.3 is 5.32 Å². The van der Waals surface area contributed by atoms with Crippen LogP contribution in [-0.2, 0) is 14.4 Å². The monoisotopic (exact) mass is 278 g/mol. The summed E-state index contributed by atoms with van der Waals surface area (Å²) in [5.41, 5.74) is 0.722. The molecule has 19 heavy (non-hydrogen) atoms. The molecule has 1 aromatic carbocycles. The fourth-order valence-corrected chi connectivity index (χ4v) is 2.79. The first-order valence-electron chi connectivity index (χ1n) is 5.92. The fraction of sp³-hybridized carbons (Fsp3) is 0.308. The summed E-state index contributed by atoms with van der Waals surface area (Å²) in [6.07, 6.45) is 0.941. The number of imide groups is 1. The summed E-state index contributed by atoms with van der Waals surface area (Å²) < 4.78 is 0. The molecule has 0 aromatic heterocycles. The SMILES string of the molecule is CC(=O)Nc1ccc(SC2CCC(=O)NC2=O)cc1. The second-order valence-corrected chi connectivity index (χ2v) is 5.54. The quantitative estimate of drug-likeness (QED) is 0.822. The van der Waals surface area contributed by atoms with E-state index in [1.807, 2.05) is 12.1 Å². The molecule has 1 heterocycles. The van der Waals surface area contributed by atoms with Gasteiger partial charge in [-0.25, -0.2) is 0 Å². The first-order chi connectivity index (χ1) is 9.04. The van der Waals surface area contributed by atoms with Crippen LogP contribution in [0.4, 0.5) is 5.69 Å². The van der Waals surface area contributed by atoms with Crippen molar-refractivity contribution >= 4 is 35.2 Å². The molecule has 6 heteroatoms. The minimum absolute atomic E-state index is 0.120. The lowest BCUT2D eigenvalue weighted by atomic mass is 10.1. The van der Waals surface area contributed by atoms with Crippen LogP contribution in [0.15, 0.2) is 29.2 Å². The molecule has 2 rings (SSSR count). The van der Waals surface area contributed by atoms with Crippen molar-refractivity contribution in [2.45, 2.75) is 29.9 Å². The van der Waals surface area contributed by atoms with Gasteiger partial charge in [-0.05, 0) is 30.7 Å². The molecule has 3 amide bonds. The number of nitrogens with one attached hydrogen (secondary N) is 2. The standard InChI is InChI=1S/C13H14N2O3S/c1-8(16)14-9-2-4-10(5-3-9)19-11-6-7-12(17)15-13(11)18/h2-5,11H,6-7H2,1H3,(H,14,16)(H,15,17,18). The molecular weight excluding hydrogens is 264 g/mol. The average molecular weight is 278 g/mol. The van der Waals surface area contributed by atoms with E-state index in [2.05, 4.69) is 10.6 Å². The van der Waals surface area contributed by atoms with E-state index in [0.717, 1.165) is 10.6 Å². The van der Waals surface area contributed by atoms with Gasteiger partial charge in [-0.1, -0.05) is 0 Å². The molecule has 0 spiro atoms. The highest BCUT2D eigenvalue weighted by Gasteiger charge is 2.27. The van der Waals surface area contributed by atoms with Crippen LogP contribution in [-0.4, -0.2) is 23.0 Å². The molecule has 1 saturated heterocycles. The Morgan fingerprint density at radius 2 is 2.00 bits per heavy atom. The lowest BCUT2D eigenvalue weighted by Crippen LogP contribution is -2.42. The van der Waals surface area contributed by atoms with Gasteiger partial charge in [0.2, 0.25) is 17.7 Å². The maximum Gasteiger partial charge on any atom is 0.240 e. The molecule has 1 unspecified atom stereocenters. The van der Waals surface area contributed by atoms with Crippen molar-refractivity contribution in [3.63, 3.8) is 0 Å². The number of piperidine rings is 1. The van der Waals surface area contributed by atoms with Crippen LogP contribution in [0.3, 0.4) is 0 Å². The number of benzene rings is 1. The molecule has 2 N–H and O–H groups in total. The van der Waals surface area contributed by atoms with E-state index in [9.17, 15) is 14.4 Å². The number of carbonyl (C=O) groups excluding carboxylic acids is 3. The topological polar surface area (TPSA) is 75.3 Å². The van der Waals surface area contributed by atoms with Crippen molar-refractivity contribution in [1.29, 1.82) is 0 Å². The van der Waals surface area contributed by atoms with Crippen molar-refractivity contribution in [1.82, 2.24) is 5.32 Å². The maximum atomic E-state index is 11.6. The molecule has 0 radical (unpaired) electrons. The Bertz CT molecular complexity index is 513. The summed E-state index contributed by atoms with van der Waals surface area (Å²) in [4.78, 5) is 34.5. The Morgan fingerprint density at radius 3 is 2.58 bits per heavy atom. The lowest BCUT2D eigenvalue weighted by Gasteiger charge is -2.20. The van der Waals surface area contributed by atoms with Crippen LogP contribution in [0.25, 0.3) is 0 Å². The molecule has 5 nitrogen and oxygen atoms in total. The average Bonchev–Trinajstić information content (AvgIpc) is 2.34. The number of anilines is 1.